The maximum atomic E-state index is 13.0. The van der Waals surface area contributed by atoms with E-state index in [1.165, 1.54) is 6.92 Å². The van der Waals surface area contributed by atoms with Gasteiger partial charge in [0.15, 0.2) is 0 Å². The van der Waals surface area contributed by atoms with Crippen molar-refractivity contribution in [2.75, 3.05) is 0 Å². The van der Waals surface area contributed by atoms with Crippen molar-refractivity contribution in [1.82, 2.24) is 0 Å². The number of hydrogen-bond donors (Lipinski definition) is 1. The summed E-state index contributed by atoms with van der Waals surface area (Å²) in [5, 5.41) is 10.3. The van der Waals surface area contributed by atoms with Crippen molar-refractivity contribution in [3.05, 3.63) is 0 Å². The third kappa shape index (κ3) is 1.59. The van der Waals surface area contributed by atoms with E-state index in [1.807, 2.05) is 0 Å². The highest BCUT2D eigenvalue weighted by atomic mass is 19.3. The summed E-state index contributed by atoms with van der Waals surface area (Å²) in [5.41, 5.74) is -1.86. The van der Waals surface area contributed by atoms with Crippen molar-refractivity contribution in [2.24, 2.45) is 5.41 Å². The Morgan fingerprint density at radius 2 is 1.53 bits per heavy atom. The van der Waals surface area contributed by atoms with Crippen molar-refractivity contribution in [3.8, 4) is 0 Å². The second kappa shape index (κ2) is 3.00. The number of carbonyl (C=O) groups is 1. The Kier molecular flexibility index (Phi) is 2.20. The summed E-state index contributed by atoms with van der Waals surface area (Å²) >= 11 is 0. The van der Waals surface area contributed by atoms with E-state index >= 15 is 0 Å². The van der Waals surface area contributed by atoms with E-state index in [1.54, 1.807) is 0 Å². The molecule has 0 heterocycles. The van der Waals surface area contributed by atoms with Crippen molar-refractivity contribution in [2.45, 2.75) is 57.0 Å². The molecule has 0 saturated heterocycles. The van der Waals surface area contributed by atoms with Crippen LogP contribution in [-0.2, 0) is 4.79 Å². The van der Waals surface area contributed by atoms with Crippen LogP contribution in [0.3, 0.4) is 0 Å². The van der Waals surface area contributed by atoms with Gasteiger partial charge < -0.3 is 5.11 Å². The number of hydrogen-bond acceptors (Lipinski definition) is 2. The van der Waals surface area contributed by atoms with Crippen LogP contribution in [0.2, 0.25) is 0 Å². The summed E-state index contributed by atoms with van der Waals surface area (Å²) in [6.07, 6.45) is 0.838. The normalized spacial score (nSPS) is 30.9. The van der Waals surface area contributed by atoms with E-state index in [4.69, 9.17) is 0 Å². The van der Waals surface area contributed by atoms with Gasteiger partial charge in [0.2, 0.25) is 5.92 Å². The molecule has 2 fully saturated rings. The molecule has 0 atom stereocenters. The van der Waals surface area contributed by atoms with Crippen LogP contribution in [-0.4, -0.2) is 22.4 Å². The topological polar surface area (TPSA) is 37.3 Å². The highest BCUT2D eigenvalue weighted by Crippen LogP contribution is 2.60. The maximum absolute atomic E-state index is 13.0. The highest BCUT2D eigenvalue weighted by Gasteiger charge is 2.63. The van der Waals surface area contributed by atoms with Gasteiger partial charge in [-0.15, -0.1) is 0 Å². The monoisotopic (exact) mass is 218 g/mol. The molecule has 4 heteroatoms. The van der Waals surface area contributed by atoms with Crippen LogP contribution in [0.15, 0.2) is 0 Å². The van der Waals surface area contributed by atoms with Gasteiger partial charge in [-0.1, -0.05) is 0 Å². The zero-order valence-corrected chi connectivity index (χ0v) is 8.85. The van der Waals surface area contributed by atoms with Gasteiger partial charge in [0.25, 0.3) is 0 Å². The Labute approximate surface area is 87.7 Å². The van der Waals surface area contributed by atoms with Crippen LogP contribution < -0.4 is 0 Å². The molecule has 2 nitrogen and oxygen atoms in total. The predicted molar refractivity (Wildman–Crippen MR) is 50.7 cm³/mol. The first-order valence-electron chi connectivity index (χ1n) is 5.43. The first-order chi connectivity index (χ1) is 6.81. The molecule has 2 aliphatic carbocycles. The van der Waals surface area contributed by atoms with Crippen molar-refractivity contribution >= 4 is 5.78 Å². The lowest BCUT2D eigenvalue weighted by Gasteiger charge is -2.41. The second-order valence-corrected chi connectivity index (χ2v) is 5.03. The molecule has 0 bridgehead atoms. The first kappa shape index (κ1) is 11.0. The zero-order chi connectivity index (χ0) is 11.3. The molecule has 0 aliphatic heterocycles. The van der Waals surface area contributed by atoms with Gasteiger partial charge in [0.05, 0.1) is 11.0 Å². The molecule has 0 aromatic rings. The smallest absolute Gasteiger partial charge is 0.248 e. The largest absolute Gasteiger partial charge is 0.389 e. The molecule has 2 saturated carbocycles. The maximum Gasteiger partial charge on any atom is 0.248 e. The Bertz CT molecular complexity index is 285. The fourth-order valence-electron chi connectivity index (χ4n) is 2.78. The lowest BCUT2D eigenvalue weighted by atomic mass is 9.70. The molecule has 0 aromatic carbocycles. The van der Waals surface area contributed by atoms with Gasteiger partial charge in [0.1, 0.15) is 5.78 Å². The van der Waals surface area contributed by atoms with Crippen LogP contribution in [0, 0.1) is 5.41 Å². The number of ketones is 1. The average Bonchev–Trinajstić information content (AvgIpc) is 2.91. The van der Waals surface area contributed by atoms with Gasteiger partial charge in [0, 0.05) is 12.8 Å². The van der Waals surface area contributed by atoms with Gasteiger partial charge in [-0.25, -0.2) is 8.78 Å². The molecular weight excluding hydrogens is 202 g/mol. The van der Waals surface area contributed by atoms with E-state index in [0.29, 0.717) is 12.8 Å². The minimum atomic E-state index is -2.65. The number of rotatable bonds is 2. The van der Waals surface area contributed by atoms with Crippen LogP contribution in [0.4, 0.5) is 8.78 Å². The molecule has 15 heavy (non-hydrogen) atoms. The van der Waals surface area contributed by atoms with E-state index in [2.05, 4.69) is 0 Å². The minimum absolute atomic E-state index is 0.0461. The summed E-state index contributed by atoms with van der Waals surface area (Å²) in [4.78, 5) is 11.4. The summed E-state index contributed by atoms with van der Waals surface area (Å²) in [5.74, 6) is -2.70. The quantitative estimate of drug-likeness (QED) is 0.772. The summed E-state index contributed by atoms with van der Waals surface area (Å²) < 4.78 is 25.9. The third-order valence-corrected chi connectivity index (χ3v) is 4.12. The number of halogens is 2. The van der Waals surface area contributed by atoms with Crippen LogP contribution in [0.25, 0.3) is 0 Å². The van der Waals surface area contributed by atoms with Crippen molar-refractivity contribution in [3.63, 3.8) is 0 Å². The molecule has 1 N–H and O–H groups in total. The Hall–Kier alpha value is -0.510. The zero-order valence-electron chi connectivity index (χ0n) is 8.85. The van der Waals surface area contributed by atoms with Crippen LogP contribution in [0.5, 0.6) is 0 Å². The van der Waals surface area contributed by atoms with Gasteiger partial charge >= 0.3 is 0 Å². The summed E-state index contributed by atoms with van der Waals surface area (Å²) in [7, 11) is 0. The molecular formula is C11H16F2O2. The van der Waals surface area contributed by atoms with Crippen molar-refractivity contribution in [1.29, 1.82) is 0 Å². The molecule has 0 unspecified atom stereocenters. The second-order valence-electron chi connectivity index (χ2n) is 5.03. The lowest BCUT2D eigenvalue weighted by molar-refractivity contribution is -0.152. The Morgan fingerprint density at radius 1 is 1.07 bits per heavy atom. The van der Waals surface area contributed by atoms with Crippen LogP contribution in [0.1, 0.15) is 45.4 Å². The Balaban J connectivity index is 2.13. The minimum Gasteiger partial charge on any atom is -0.389 e. The van der Waals surface area contributed by atoms with Gasteiger partial charge in [-0.2, -0.15) is 0 Å². The van der Waals surface area contributed by atoms with E-state index in [0.717, 1.165) is 0 Å². The fraction of sp³-hybridized carbons (Fsp3) is 0.909. The number of alkyl halides is 2. The molecule has 0 amide bonds. The number of Topliss-reactive ketones (excluding diaryl/α,β-unsaturated/α-hetero) is 1. The summed E-state index contributed by atoms with van der Waals surface area (Å²) in [6.45, 7) is 1.46. The predicted octanol–water partition coefficient (Wildman–Crippen LogP) is 2.30. The SMILES string of the molecule is CC(=O)C1(C2(O)CCC(F)(F)CC2)CC1. The molecule has 86 valence electrons. The highest BCUT2D eigenvalue weighted by molar-refractivity contribution is 5.86. The van der Waals surface area contributed by atoms with E-state index in [9.17, 15) is 18.7 Å². The molecule has 0 aromatic heterocycles. The van der Waals surface area contributed by atoms with Gasteiger partial charge in [-0.05, 0) is 32.6 Å². The van der Waals surface area contributed by atoms with Gasteiger partial charge in [-0.3, -0.25) is 4.79 Å². The lowest BCUT2D eigenvalue weighted by Crippen LogP contribution is -2.48. The molecule has 0 radical (unpaired) electrons. The standard InChI is InChI=1S/C11H16F2O2/c1-8(14)9(2-3-9)10(15)4-6-11(12,13)7-5-10/h15H,2-7H2,1H3. The first-order valence-corrected chi connectivity index (χ1v) is 5.43. The molecule has 2 rings (SSSR count). The summed E-state index contributed by atoms with van der Waals surface area (Å²) in [6, 6.07) is 0. The molecule has 2 aliphatic rings. The van der Waals surface area contributed by atoms with Crippen molar-refractivity contribution < 1.29 is 18.7 Å². The average molecular weight is 218 g/mol. The molecule has 0 spiro atoms. The number of carbonyl (C=O) groups excluding carboxylic acids is 1. The Morgan fingerprint density at radius 3 is 1.87 bits per heavy atom. The van der Waals surface area contributed by atoms with E-state index in [-0.39, 0.29) is 31.5 Å². The fourth-order valence-corrected chi connectivity index (χ4v) is 2.78. The third-order valence-electron chi connectivity index (χ3n) is 4.12. The van der Waals surface area contributed by atoms with E-state index < -0.39 is 16.9 Å². The number of aliphatic hydroxyl groups is 1. The van der Waals surface area contributed by atoms with Crippen LogP contribution >= 0.6 is 0 Å².